The molecule has 1 unspecified atom stereocenters. The van der Waals surface area contributed by atoms with Crippen molar-refractivity contribution in [3.63, 3.8) is 0 Å². The van der Waals surface area contributed by atoms with Crippen LogP contribution in [0.25, 0.3) is 0 Å². The van der Waals surface area contributed by atoms with Gasteiger partial charge in [-0.1, -0.05) is 24.6 Å². The zero-order valence-corrected chi connectivity index (χ0v) is 10.1. The summed E-state index contributed by atoms with van der Waals surface area (Å²) in [6.07, 6.45) is 6.04. The predicted octanol–water partition coefficient (Wildman–Crippen LogP) is 2.89. The van der Waals surface area contributed by atoms with E-state index in [0.29, 0.717) is 5.92 Å². The molecule has 1 saturated heterocycles. The molecule has 1 N–H and O–H groups in total. The molecule has 1 aliphatic heterocycles. The van der Waals surface area contributed by atoms with Gasteiger partial charge in [0.1, 0.15) is 0 Å². The van der Waals surface area contributed by atoms with Crippen molar-refractivity contribution < 1.29 is 4.79 Å². The highest BCUT2D eigenvalue weighted by atomic mass is 16.1. The third-order valence-electron chi connectivity index (χ3n) is 4.12. The molecular formula is C15H19NO. The molecule has 17 heavy (non-hydrogen) atoms. The summed E-state index contributed by atoms with van der Waals surface area (Å²) in [5.41, 5.74) is 2.26. The Hall–Kier alpha value is -1.15. The maximum atomic E-state index is 12.3. The van der Waals surface area contributed by atoms with Crippen molar-refractivity contribution in [3.05, 3.63) is 35.4 Å². The van der Waals surface area contributed by atoms with Gasteiger partial charge in [0, 0.05) is 5.56 Å². The van der Waals surface area contributed by atoms with Gasteiger partial charge in [-0.05, 0) is 49.8 Å². The lowest BCUT2D eigenvalue weighted by atomic mass is 9.79. The molecule has 2 fully saturated rings. The van der Waals surface area contributed by atoms with Crippen molar-refractivity contribution in [2.24, 2.45) is 0 Å². The predicted molar refractivity (Wildman–Crippen MR) is 68.4 cm³/mol. The van der Waals surface area contributed by atoms with Crippen molar-refractivity contribution in [2.75, 3.05) is 6.54 Å². The summed E-state index contributed by atoms with van der Waals surface area (Å²) >= 11 is 0. The highest BCUT2D eigenvalue weighted by Crippen LogP contribution is 2.36. The van der Waals surface area contributed by atoms with Crippen LogP contribution in [0.15, 0.2) is 24.3 Å². The average molecular weight is 229 g/mol. The number of carbonyl (C=O) groups excluding carboxylic acids is 1. The molecule has 1 saturated carbocycles. The third-order valence-corrected chi connectivity index (χ3v) is 4.12. The summed E-state index contributed by atoms with van der Waals surface area (Å²) in [6, 6.07) is 8.35. The van der Waals surface area contributed by atoms with E-state index in [2.05, 4.69) is 17.4 Å². The van der Waals surface area contributed by atoms with Crippen LogP contribution < -0.4 is 5.32 Å². The fraction of sp³-hybridized carbons (Fsp3) is 0.533. The van der Waals surface area contributed by atoms with Crippen LogP contribution in [0, 0.1) is 0 Å². The zero-order valence-electron chi connectivity index (χ0n) is 10.1. The highest BCUT2D eigenvalue weighted by molar-refractivity contribution is 6.00. The van der Waals surface area contributed by atoms with Gasteiger partial charge in [-0.15, -0.1) is 0 Å². The molecule has 1 aromatic carbocycles. The number of nitrogens with one attached hydrogen (secondary N) is 1. The smallest absolute Gasteiger partial charge is 0.179 e. The molecule has 1 atom stereocenters. The standard InChI is InChI=1S/C15H19NO/c17-15(14-8-3-9-16-14)13-7-2-6-12(10-13)11-4-1-5-11/h2,6-7,10-11,14,16H,1,3-5,8-9H2. The molecule has 0 aromatic heterocycles. The van der Waals surface area contributed by atoms with E-state index in [1.165, 1.54) is 24.8 Å². The lowest BCUT2D eigenvalue weighted by molar-refractivity contribution is 0.0952. The summed E-state index contributed by atoms with van der Waals surface area (Å²) < 4.78 is 0. The van der Waals surface area contributed by atoms with Gasteiger partial charge in [0.05, 0.1) is 6.04 Å². The van der Waals surface area contributed by atoms with E-state index in [4.69, 9.17) is 0 Å². The monoisotopic (exact) mass is 229 g/mol. The summed E-state index contributed by atoms with van der Waals surface area (Å²) in [5.74, 6) is 0.989. The van der Waals surface area contributed by atoms with Crippen molar-refractivity contribution in [2.45, 2.75) is 44.1 Å². The number of carbonyl (C=O) groups is 1. The molecule has 90 valence electrons. The Bertz CT molecular complexity index is 417. The van der Waals surface area contributed by atoms with Gasteiger partial charge in [0.25, 0.3) is 0 Å². The molecule has 1 aromatic rings. The fourth-order valence-corrected chi connectivity index (χ4v) is 2.80. The van der Waals surface area contributed by atoms with E-state index in [0.717, 1.165) is 24.9 Å². The zero-order chi connectivity index (χ0) is 11.7. The fourth-order valence-electron chi connectivity index (χ4n) is 2.80. The van der Waals surface area contributed by atoms with Crippen molar-refractivity contribution in [1.82, 2.24) is 5.32 Å². The first-order chi connectivity index (χ1) is 8.34. The van der Waals surface area contributed by atoms with Crippen LogP contribution in [0.5, 0.6) is 0 Å². The Morgan fingerprint density at radius 1 is 1.18 bits per heavy atom. The Morgan fingerprint density at radius 2 is 2.06 bits per heavy atom. The van der Waals surface area contributed by atoms with Crippen LogP contribution in [0.4, 0.5) is 0 Å². The van der Waals surface area contributed by atoms with Gasteiger partial charge in [-0.3, -0.25) is 4.79 Å². The summed E-state index contributed by atoms with van der Waals surface area (Å²) in [4.78, 5) is 12.3. The third kappa shape index (κ3) is 2.14. The Morgan fingerprint density at radius 3 is 2.71 bits per heavy atom. The number of hydrogen-bond donors (Lipinski definition) is 1. The Labute approximate surface area is 102 Å². The van der Waals surface area contributed by atoms with E-state index < -0.39 is 0 Å². The van der Waals surface area contributed by atoms with E-state index in [9.17, 15) is 4.79 Å². The molecular weight excluding hydrogens is 210 g/mol. The molecule has 0 bridgehead atoms. The largest absolute Gasteiger partial charge is 0.307 e. The molecule has 3 rings (SSSR count). The second-order valence-corrected chi connectivity index (χ2v) is 5.27. The van der Waals surface area contributed by atoms with Crippen LogP contribution in [0.2, 0.25) is 0 Å². The van der Waals surface area contributed by atoms with E-state index >= 15 is 0 Å². The average Bonchev–Trinajstić information content (AvgIpc) is 2.79. The topological polar surface area (TPSA) is 29.1 Å². The number of hydrogen-bond acceptors (Lipinski definition) is 2. The molecule has 2 heteroatoms. The van der Waals surface area contributed by atoms with E-state index in [1.54, 1.807) is 0 Å². The van der Waals surface area contributed by atoms with Crippen molar-refractivity contribution in [1.29, 1.82) is 0 Å². The summed E-state index contributed by atoms with van der Waals surface area (Å²) in [5, 5.41) is 3.28. The second-order valence-electron chi connectivity index (χ2n) is 5.27. The quantitative estimate of drug-likeness (QED) is 0.807. The Kier molecular flexibility index (Phi) is 2.98. The van der Waals surface area contributed by atoms with Crippen LogP contribution >= 0.6 is 0 Å². The first-order valence-corrected chi connectivity index (χ1v) is 6.72. The molecule has 0 spiro atoms. The minimum Gasteiger partial charge on any atom is -0.307 e. The van der Waals surface area contributed by atoms with Crippen LogP contribution in [-0.4, -0.2) is 18.4 Å². The molecule has 1 heterocycles. The maximum absolute atomic E-state index is 12.3. The van der Waals surface area contributed by atoms with Gasteiger partial charge in [0.2, 0.25) is 0 Å². The first-order valence-electron chi connectivity index (χ1n) is 6.72. The van der Waals surface area contributed by atoms with Gasteiger partial charge >= 0.3 is 0 Å². The number of ketones is 1. The van der Waals surface area contributed by atoms with Crippen LogP contribution in [-0.2, 0) is 0 Å². The highest BCUT2D eigenvalue weighted by Gasteiger charge is 2.25. The van der Waals surface area contributed by atoms with E-state index in [1.807, 2.05) is 12.1 Å². The number of benzene rings is 1. The summed E-state index contributed by atoms with van der Waals surface area (Å²) in [6.45, 7) is 0.985. The van der Waals surface area contributed by atoms with Gasteiger partial charge in [-0.2, -0.15) is 0 Å². The maximum Gasteiger partial charge on any atom is 0.179 e. The van der Waals surface area contributed by atoms with Crippen molar-refractivity contribution in [3.8, 4) is 0 Å². The molecule has 0 amide bonds. The summed E-state index contributed by atoms with van der Waals surface area (Å²) in [7, 11) is 0. The molecule has 2 aliphatic rings. The lowest BCUT2D eigenvalue weighted by Crippen LogP contribution is -2.30. The molecule has 1 aliphatic carbocycles. The SMILES string of the molecule is O=C(c1cccc(C2CCC2)c1)C1CCCN1. The minimum atomic E-state index is 0.0617. The second kappa shape index (κ2) is 4.61. The van der Waals surface area contributed by atoms with Gasteiger partial charge in [-0.25, -0.2) is 0 Å². The van der Waals surface area contributed by atoms with Gasteiger partial charge in [0.15, 0.2) is 5.78 Å². The molecule has 0 radical (unpaired) electrons. The normalized spacial score (nSPS) is 24.6. The number of rotatable bonds is 3. The molecule has 2 nitrogen and oxygen atoms in total. The van der Waals surface area contributed by atoms with E-state index in [-0.39, 0.29) is 11.8 Å². The lowest BCUT2D eigenvalue weighted by Gasteiger charge is -2.26. The van der Waals surface area contributed by atoms with Crippen molar-refractivity contribution >= 4 is 5.78 Å². The van der Waals surface area contributed by atoms with Gasteiger partial charge < -0.3 is 5.32 Å². The number of Topliss-reactive ketones (excluding diaryl/α,β-unsaturated/α-hetero) is 1. The van der Waals surface area contributed by atoms with Crippen LogP contribution in [0.3, 0.4) is 0 Å². The first kappa shape index (κ1) is 11.0. The minimum absolute atomic E-state index is 0.0617. The Balaban J connectivity index is 1.79. The van der Waals surface area contributed by atoms with Crippen LogP contribution in [0.1, 0.15) is 53.9 Å².